The fourth-order valence-corrected chi connectivity index (χ4v) is 1.75. The summed E-state index contributed by atoms with van der Waals surface area (Å²) in [7, 11) is 1.93. The maximum Gasteiger partial charge on any atom is 0.0522 e. The second-order valence-corrected chi connectivity index (χ2v) is 4.61. The first kappa shape index (κ1) is 10.6. The van der Waals surface area contributed by atoms with Crippen LogP contribution in [0.15, 0.2) is 12.4 Å². The molecule has 1 aromatic heterocycles. The molecule has 0 atom stereocenters. The Morgan fingerprint density at radius 1 is 1.60 bits per heavy atom. The van der Waals surface area contributed by atoms with Gasteiger partial charge in [-0.05, 0) is 31.4 Å². The summed E-state index contributed by atoms with van der Waals surface area (Å²) in [6, 6.07) is 0. The lowest BCUT2D eigenvalue weighted by Gasteiger charge is -2.11. The van der Waals surface area contributed by atoms with Gasteiger partial charge in [-0.3, -0.25) is 4.68 Å². The topological polar surface area (TPSA) is 50.1 Å². The van der Waals surface area contributed by atoms with Crippen LogP contribution in [0.3, 0.4) is 0 Å². The largest absolute Gasteiger partial charge is 0.396 e. The van der Waals surface area contributed by atoms with E-state index in [1.807, 2.05) is 24.1 Å². The van der Waals surface area contributed by atoms with Gasteiger partial charge in [0.15, 0.2) is 0 Å². The molecule has 1 saturated carbocycles. The highest BCUT2D eigenvalue weighted by Crippen LogP contribution is 2.44. The number of aliphatic hydroxyl groups excluding tert-OH is 1. The monoisotopic (exact) mass is 209 g/mol. The summed E-state index contributed by atoms with van der Waals surface area (Å²) < 4.78 is 1.82. The molecule has 0 amide bonds. The Labute approximate surface area is 90.3 Å². The van der Waals surface area contributed by atoms with Gasteiger partial charge in [-0.1, -0.05) is 0 Å². The Morgan fingerprint density at radius 3 is 2.93 bits per heavy atom. The van der Waals surface area contributed by atoms with E-state index in [9.17, 15) is 0 Å². The zero-order valence-electron chi connectivity index (χ0n) is 9.24. The predicted octanol–water partition coefficient (Wildman–Crippen LogP) is 0.325. The van der Waals surface area contributed by atoms with E-state index < -0.39 is 0 Å². The number of aromatic nitrogens is 2. The van der Waals surface area contributed by atoms with Crippen LogP contribution in [0.2, 0.25) is 0 Å². The first-order chi connectivity index (χ1) is 7.24. The molecule has 1 heterocycles. The van der Waals surface area contributed by atoms with E-state index in [1.54, 1.807) is 0 Å². The van der Waals surface area contributed by atoms with Gasteiger partial charge in [0, 0.05) is 31.8 Å². The normalized spacial score (nSPS) is 18.0. The number of aliphatic hydroxyl groups is 1. The molecular formula is C11H19N3O. The van der Waals surface area contributed by atoms with Crippen molar-refractivity contribution in [3.8, 4) is 0 Å². The lowest BCUT2D eigenvalue weighted by molar-refractivity contribution is 0.208. The molecule has 0 aliphatic heterocycles. The second-order valence-electron chi connectivity index (χ2n) is 4.61. The highest BCUT2D eigenvalue weighted by molar-refractivity contribution is 5.04. The molecule has 0 spiro atoms. The molecule has 84 valence electrons. The Balaban J connectivity index is 1.63. The van der Waals surface area contributed by atoms with E-state index in [1.165, 1.54) is 18.4 Å². The van der Waals surface area contributed by atoms with E-state index in [2.05, 4.69) is 10.4 Å². The summed E-state index contributed by atoms with van der Waals surface area (Å²) in [5.41, 5.74) is 1.48. The molecule has 2 rings (SSSR count). The number of hydrogen-bond acceptors (Lipinski definition) is 3. The molecule has 0 radical (unpaired) electrons. The molecule has 2 N–H and O–H groups in total. The SMILES string of the molecule is Cn1cc(CCNCC2(CO)CC2)cn1. The summed E-state index contributed by atoms with van der Waals surface area (Å²) >= 11 is 0. The number of nitrogens with one attached hydrogen (secondary N) is 1. The van der Waals surface area contributed by atoms with Crippen molar-refractivity contribution in [2.75, 3.05) is 19.7 Å². The van der Waals surface area contributed by atoms with E-state index in [0.717, 1.165) is 19.5 Å². The van der Waals surface area contributed by atoms with Crippen molar-refractivity contribution in [2.24, 2.45) is 12.5 Å². The van der Waals surface area contributed by atoms with Gasteiger partial charge in [-0.2, -0.15) is 5.10 Å². The van der Waals surface area contributed by atoms with Crippen LogP contribution in [0, 0.1) is 5.41 Å². The van der Waals surface area contributed by atoms with Crippen LogP contribution in [-0.4, -0.2) is 34.6 Å². The first-order valence-electron chi connectivity index (χ1n) is 5.53. The number of nitrogens with zero attached hydrogens (tertiary/aromatic N) is 2. The second kappa shape index (κ2) is 4.33. The van der Waals surface area contributed by atoms with Crippen LogP contribution in [0.5, 0.6) is 0 Å². The van der Waals surface area contributed by atoms with E-state index in [0.29, 0.717) is 6.61 Å². The van der Waals surface area contributed by atoms with Gasteiger partial charge in [-0.15, -0.1) is 0 Å². The maximum absolute atomic E-state index is 9.12. The Hall–Kier alpha value is -0.870. The van der Waals surface area contributed by atoms with Crippen molar-refractivity contribution in [2.45, 2.75) is 19.3 Å². The molecule has 0 saturated heterocycles. The number of hydrogen-bond donors (Lipinski definition) is 2. The zero-order chi connectivity index (χ0) is 10.7. The van der Waals surface area contributed by atoms with Crippen LogP contribution in [-0.2, 0) is 13.5 Å². The van der Waals surface area contributed by atoms with Gasteiger partial charge < -0.3 is 10.4 Å². The third-order valence-electron chi connectivity index (χ3n) is 3.14. The molecule has 1 fully saturated rings. The molecule has 4 heteroatoms. The molecule has 0 aromatic carbocycles. The third kappa shape index (κ3) is 2.79. The summed E-state index contributed by atoms with van der Waals surface area (Å²) in [6.45, 7) is 2.24. The Kier molecular flexibility index (Phi) is 3.07. The molecule has 1 aliphatic rings. The number of rotatable bonds is 6. The lowest BCUT2D eigenvalue weighted by atomic mass is 10.1. The van der Waals surface area contributed by atoms with E-state index in [4.69, 9.17) is 5.11 Å². The van der Waals surface area contributed by atoms with Crippen molar-refractivity contribution in [1.29, 1.82) is 0 Å². The van der Waals surface area contributed by atoms with E-state index in [-0.39, 0.29) is 5.41 Å². The highest BCUT2D eigenvalue weighted by Gasteiger charge is 2.41. The quantitative estimate of drug-likeness (QED) is 0.664. The fraction of sp³-hybridized carbons (Fsp3) is 0.727. The van der Waals surface area contributed by atoms with Crippen molar-refractivity contribution >= 4 is 0 Å². The summed E-state index contributed by atoms with van der Waals surface area (Å²) in [5, 5.41) is 16.6. The Bertz CT molecular complexity index is 317. The molecule has 4 nitrogen and oxygen atoms in total. The van der Waals surface area contributed by atoms with Crippen molar-refractivity contribution in [1.82, 2.24) is 15.1 Å². The molecular weight excluding hydrogens is 190 g/mol. The first-order valence-corrected chi connectivity index (χ1v) is 5.53. The van der Waals surface area contributed by atoms with Crippen LogP contribution in [0.1, 0.15) is 18.4 Å². The minimum atomic E-state index is 0.217. The van der Waals surface area contributed by atoms with Crippen LogP contribution < -0.4 is 5.32 Å². The van der Waals surface area contributed by atoms with E-state index >= 15 is 0 Å². The zero-order valence-corrected chi connectivity index (χ0v) is 9.24. The number of aryl methyl sites for hydroxylation is 1. The van der Waals surface area contributed by atoms with Crippen LogP contribution in [0.4, 0.5) is 0 Å². The molecule has 0 unspecified atom stereocenters. The average molecular weight is 209 g/mol. The average Bonchev–Trinajstić information content (AvgIpc) is 2.91. The van der Waals surface area contributed by atoms with Gasteiger partial charge in [0.25, 0.3) is 0 Å². The Morgan fingerprint density at radius 2 is 2.40 bits per heavy atom. The van der Waals surface area contributed by atoms with Gasteiger partial charge in [0.2, 0.25) is 0 Å². The lowest BCUT2D eigenvalue weighted by Crippen LogP contribution is -2.28. The smallest absolute Gasteiger partial charge is 0.0522 e. The van der Waals surface area contributed by atoms with Gasteiger partial charge >= 0.3 is 0 Å². The van der Waals surface area contributed by atoms with Crippen molar-refractivity contribution in [3.05, 3.63) is 18.0 Å². The van der Waals surface area contributed by atoms with Crippen molar-refractivity contribution < 1.29 is 5.11 Å². The molecule has 15 heavy (non-hydrogen) atoms. The summed E-state index contributed by atoms with van der Waals surface area (Å²) in [4.78, 5) is 0. The summed E-state index contributed by atoms with van der Waals surface area (Å²) in [6.07, 6.45) is 7.30. The highest BCUT2D eigenvalue weighted by atomic mass is 16.3. The predicted molar refractivity (Wildman–Crippen MR) is 58.5 cm³/mol. The van der Waals surface area contributed by atoms with Crippen LogP contribution in [0.25, 0.3) is 0 Å². The minimum Gasteiger partial charge on any atom is -0.396 e. The summed E-state index contributed by atoms with van der Waals surface area (Å²) in [5.74, 6) is 0. The third-order valence-corrected chi connectivity index (χ3v) is 3.14. The van der Waals surface area contributed by atoms with Crippen molar-refractivity contribution in [3.63, 3.8) is 0 Å². The standard InChI is InChI=1S/C11H19N3O/c1-14-7-10(6-13-14)2-5-12-8-11(9-15)3-4-11/h6-7,12,15H,2-5,8-9H2,1H3. The fourth-order valence-electron chi connectivity index (χ4n) is 1.75. The molecule has 0 bridgehead atoms. The minimum absolute atomic E-state index is 0.217. The molecule has 1 aromatic rings. The maximum atomic E-state index is 9.12. The van der Waals surface area contributed by atoms with Gasteiger partial charge in [0.05, 0.1) is 6.20 Å². The van der Waals surface area contributed by atoms with Crippen LogP contribution >= 0.6 is 0 Å². The molecule has 1 aliphatic carbocycles. The van der Waals surface area contributed by atoms with Gasteiger partial charge in [0.1, 0.15) is 0 Å². The van der Waals surface area contributed by atoms with Gasteiger partial charge in [-0.25, -0.2) is 0 Å².